The molecule has 0 bridgehead atoms. The van der Waals surface area contributed by atoms with Gasteiger partial charge in [-0.05, 0) is 36.4 Å². The Morgan fingerprint density at radius 1 is 0.857 bits per heavy atom. The fraction of sp³-hybridized carbons (Fsp3) is 0.0500. The van der Waals surface area contributed by atoms with Gasteiger partial charge in [-0.25, -0.2) is 13.4 Å². The normalized spacial score (nSPS) is 11.3. The van der Waals surface area contributed by atoms with Crippen molar-refractivity contribution in [1.82, 2.24) is 15.0 Å². The lowest BCUT2D eigenvalue weighted by Gasteiger charge is -2.09. The van der Waals surface area contributed by atoms with Crippen molar-refractivity contribution < 1.29 is 8.42 Å². The van der Waals surface area contributed by atoms with E-state index >= 15 is 0 Å². The van der Waals surface area contributed by atoms with Crippen molar-refractivity contribution in [2.45, 2.75) is 4.90 Å². The lowest BCUT2D eigenvalue weighted by molar-refractivity contribution is 0.602. The molecule has 0 aliphatic heterocycles. The molecule has 4 aromatic rings. The number of sulfone groups is 1. The molecule has 2 aromatic carbocycles. The quantitative estimate of drug-likeness (QED) is 0.532. The topological polar surface area (TPSA) is 96.9 Å². The van der Waals surface area contributed by atoms with E-state index in [2.05, 4.69) is 25.6 Å². The first-order valence-electron chi connectivity index (χ1n) is 8.49. The van der Waals surface area contributed by atoms with Crippen LogP contribution in [0.4, 0.5) is 23.1 Å². The third-order valence-electron chi connectivity index (χ3n) is 4.04. The summed E-state index contributed by atoms with van der Waals surface area (Å²) in [5.74, 6) is 0.943. The number of fused-ring (bicyclic) bond motifs is 1. The summed E-state index contributed by atoms with van der Waals surface area (Å²) in [6.07, 6.45) is 4.53. The van der Waals surface area contributed by atoms with Crippen molar-refractivity contribution in [3.63, 3.8) is 0 Å². The van der Waals surface area contributed by atoms with Crippen LogP contribution in [-0.2, 0) is 9.84 Å². The number of nitrogens with zero attached hydrogens (tertiary/aromatic N) is 3. The highest BCUT2D eigenvalue weighted by Crippen LogP contribution is 2.21. The fourth-order valence-electron chi connectivity index (χ4n) is 2.71. The second-order valence-electron chi connectivity index (χ2n) is 6.23. The standard InChI is InChI=1S/C20H17N5O2S/c1-28(26,27)17-7-4-6-15(12-17)24-20-21-10-9-19(25-20)23-16-11-14-5-2-3-8-18(14)22-13-16/h2-13H,1H3,(H2,21,23,24,25). The highest BCUT2D eigenvalue weighted by Gasteiger charge is 2.08. The summed E-state index contributed by atoms with van der Waals surface area (Å²) in [6.45, 7) is 0. The van der Waals surface area contributed by atoms with Gasteiger partial charge in [-0.3, -0.25) is 4.98 Å². The predicted octanol–water partition coefficient (Wildman–Crippen LogP) is 3.92. The summed E-state index contributed by atoms with van der Waals surface area (Å²) in [7, 11) is -3.28. The van der Waals surface area contributed by atoms with Gasteiger partial charge in [0.05, 0.1) is 22.3 Å². The van der Waals surface area contributed by atoms with Gasteiger partial charge in [-0.2, -0.15) is 4.98 Å². The van der Waals surface area contributed by atoms with E-state index in [0.29, 0.717) is 17.5 Å². The zero-order chi connectivity index (χ0) is 19.6. The molecule has 2 aromatic heterocycles. The molecule has 7 nitrogen and oxygen atoms in total. The minimum atomic E-state index is -3.28. The van der Waals surface area contributed by atoms with Gasteiger partial charge in [0.25, 0.3) is 0 Å². The molecule has 0 spiro atoms. The molecule has 0 unspecified atom stereocenters. The number of rotatable bonds is 5. The molecular weight excluding hydrogens is 374 g/mol. The maximum absolute atomic E-state index is 11.7. The van der Waals surface area contributed by atoms with Crippen LogP contribution in [0.25, 0.3) is 10.9 Å². The molecule has 0 aliphatic rings. The van der Waals surface area contributed by atoms with Gasteiger partial charge in [0.15, 0.2) is 9.84 Å². The zero-order valence-electron chi connectivity index (χ0n) is 15.0. The van der Waals surface area contributed by atoms with E-state index in [9.17, 15) is 8.42 Å². The number of pyridine rings is 1. The average Bonchev–Trinajstić information content (AvgIpc) is 2.68. The van der Waals surface area contributed by atoms with Gasteiger partial charge in [-0.15, -0.1) is 0 Å². The molecule has 2 heterocycles. The Labute approximate surface area is 162 Å². The number of hydrogen-bond donors (Lipinski definition) is 2. The molecule has 0 saturated heterocycles. The molecule has 4 rings (SSSR count). The van der Waals surface area contributed by atoms with Crippen LogP contribution in [-0.4, -0.2) is 29.6 Å². The van der Waals surface area contributed by atoms with Crippen molar-refractivity contribution in [2.75, 3.05) is 16.9 Å². The first-order valence-corrected chi connectivity index (χ1v) is 10.4. The van der Waals surface area contributed by atoms with E-state index in [1.54, 1.807) is 42.7 Å². The Balaban J connectivity index is 1.56. The second kappa shape index (κ2) is 7.24. The summed E-state index contributed by atoms with van der Waals surface area (Å²) in [4.78, 5) is 13.3. The molecule has 140 valence electrons. The van der Waals surface area contributed by atoms with Crippen molar-refractivity contribution in [3.8, 4) is 0 Å². The number of hydrogen-bond acceptors (Lipinski definition) is 7. The predicted molar refractivity (Wildman–Crippen MR) is 110 cm³/mol. The Kier molecular flexibility index (Phi) is 4.62. The van der Waals surface area contributed by atoms with E-state index in [0.717, 1.165) is 16.6 Å². The highest BCUT2D eigenvalue weighted by molar-refractivity contribution is 7.90. The van der Waals surface area contributed by atoms with Crippen LogP contribution in [0.5, 0.6) is 0 Å². The van der Waals surface area contributed by atoms with Gasteiger partial charge in [0, 0.05) is 23.5 Å². The van der Waals surface area contributed by atoms with Gasteiger partial charge >= 0.3 is 0 Å². The Morgan fingerprint density at radius 3 is 2.57 bits per heavy atom. The SMILES string of the molecule is CS(=O)(=O)c1cccc(Nc2nccc(Nc3cnc4ccccc4c3)n2)c1. The lowest BCUT2D eigenvalue weighted by Crippen LogP contribution is -2.02. The average molecular weight is 391 g/mol. The van der Waals surface area contributed by atoms with E-state index in [1.807, 2.05) is 30.3 Å². The van der Waals surface area contributed by atoms with Crippen LogP contribution in [0.15, 0.2) is 78.0 Å². The van der Waals surface area contributed by atoms with Crippen molar-refractivity contribution in [2.24, 2.45) is 0 Å². The molecule has 0 fully saturated rings. The summed E-state index contributed by atoms with van der Waals surface area (Å²) in [5.41, 5.74) is 2.32. The third-order valence-corrected chi connectivity index (χ3v) is 5.15. The molecule has 0 aliphatic carbocycles. The minimum Gasteiger partial charge on any atom is -0.339 e. The fourth-order valence-corrected chi connectivity index (χ4v) is 3.38. The second-order valence-corrected chi connectivity index (χ2v) is 8.25. The van der Waals surface area contributed by atoms with Crippen molar-refractivity contribution in [1.29, 1.82) is 0 Å². The first-order chi connectivity index (χ1) is 13.5. The van der Waals surface area contributed by atoms with E-state index < -0.39 is 9.84 Å². The first kappa shape index (κ1) is 17.9. The highest BCUT2D eigenvalue weighted by atomic mass is 32.2. The molecule has 2 N–H and O–H groups in total. The zero-order valence-corrected chi connectivity index (χ0v) is 15.8. The van der Waals surface area contributed by atoms with E-state index in [1.165, 1.54) is 6.26 Å². The number of para-hydroxylation sites is 1. The number of nitrogens with one attached hydrogen (secondary N) is 2. The summed E-state index contributed by atoms with van der Waals surface area (Å²) in [6, 6.07) is 18.1. The monoisotopic (exact) mass is 391 g/mol. The van der Waals surface area contributed by atoms with Crippen molar-refractivity contribution in [3.05, 3.63) is 73.1 Å². The largest absolute Gasteiger partial charge is 0.339 e. The smallest absolute Gasteiger partial charge is 0.229 e. The van der Waals surface area contributed by atoms with Gasteiger partial charge in [0.2, 0.25) is 5.95 Å². The summed E-state index contributed by atoms with van der Waals surface area (Å²) >= 11 is 0. The maximum Gasteiger partial charge on any atom is 0.229 e. The van der Waals surface area contributed by atoms with Gasteiger partial charge in [-0.1, -0.05) is 24.3 Å². The van der Waals surface area contributed by atoms with Gasteiger partial charge in [0.1, 0.15) is 5.82 Å². The van der Waals surface area contributed by atoms with Gasteiger partial charge < -0.3 is 10.6 Å². The molecule has 0 amide bonds. The number of anilines is 4. The van der Waals surface area contributed by atoms with Crippen LogP contribution in [0.3, 0.4) is 0 Å². The van der Waals surface area contributed by atoms with Crippen LogP contribution in [0.2, 0.25) is 0 Å². The molecular formula is C20H17N5O2S. The lowest BCUT2D eigenvalue weighted by atomic mass is 10.2. The summed E-state index contributed by atoms with van der Waals surface area (Å²) in [5, 5.41) is 7.26. The molecule has 8 heteroatoms. The molecule has 28 heavy (non-hydrogen) atoms. The van der Waals surface area contributed by atoms with Crippen molar-refractivity contribution >= 4 is 43.9 Å². The molecule has 0 atom stereocenters. The van der Waals surface area contributed by atoms with E-state index in [4.69, 9.17) is 0 Å². The summed E-state index contributed by atoms with van der Waals surface area (Å²) < 4.78 is 23.4. The maximum atomic E-state index is 11.7. The Bertz CT molecular complexity index is 1260. The Hall–Kier alpha value is -3.52. The molecule has 0 saturated carbocycles. The van der Waals surface area contributed by atoms with Crippen LogP contribution < -0.4 is 10.6 Å². The van der Waals surface area contributed by atoms with Crippen LogP contribution in [0, 0.1) is 0 Å². The Morgan fingerprint density at radius 2 is 1.71 bits per heavy atom. The van der Waals surface area contributed by atoms with Crippen LogP contribution >= 0.6 is 0 Å². The third kappa shape index (κ3) is 4.07. The number of aromatic nitrogens is 3. The molecule has 0 radical (unpaired) electrons. The minimum absolute atomic E-state index is 0.231. The van der Waals surface area contributed by atoms with Crippen LogP contribution in [0.1, 0.15) is 0 Å². The number of benzene rings is 2. The van der Waals surface area contributed by atoms with E-state index in [-0.39, 0.29) is 4.90 Å².